The average Bonchev–Trinajstić information content (AvgIpc) is 2.54. The predicted molar refractivity (Wildman–Crippen MR) is 88.6 cm³/mol. The van der Waals surface area contributed by atoms with E-state index >= 15 is 0 Å². The van der Waals surface area contributed by atoms with Crippen LogP contribution in [0.15, 0.2) is 36.7 Å². The topological polar surface area (TPSA) is 41.0 Å². The number of halogens is 1. The second-order valence-corrected chi connectivity index (χ2v) is 5.19. The van der Waals surface area contributed by atoms with Crippen molar-refractivity contribution < 1.29 is 4.39 Å². The molecule has 0 aliphatic carbocycles. The van der Waals surface area contributed by atoms with E-state index in [0.29, 0.717) is 17.9 Å². The van der Waals surface area contributed by atoms with Gasteiger partial charge in [0.2, 0.25) is 0 Å². The van der Waals surface area contributed by atoms with Gasteiger partial charge in [0.25, 0.3) is 0 Å². The standard InChI is InChI=1S/C17H23FN4/c1-3-9-22(10-4-2)17-11-16(20-13-21-17)19-12-14-7-5-6-8-15(14)18/h5-8,11,13H,3-4,9-10,12H2,1-2H3,(H,19,20,21). The van der Waals surface area contributed by atoms with Gasteiger partial charge in [-0.2, -0.15) is 0 Å². The number of nitrogens with zero attached hydrogens (tertiary/aromatic N) is 3. The Labute approximate surface area is 131 Å². The highest BCUT2D eigenvalue weighted by Gasteiger charge is 2.08. The molecule has 0 atom stereocenters. The number of anilines is 2. The minimum absolute atomic E-state index is 0.206. The number of rotatable bonds is 8. The van der Waals surface area contributed by atoms with E-state index < -0.39 is 0 Å². The Morgan fingerprint density at radius 1 is 1.09 bits per heavy atom. The smallest absolute Gasteiger partial charge is 0.134 e. The first-order chi connectivity index (χ1) is 10.7. The molecule has 0 bridgehead atoms. The lowest BCUT2D eigenvalue weighted by Gasteiger charge is -2.22. The zero-order valence-corrected chi connectivity index (χ0v) is 13.2. The van der Waals surface area contributed by atoms with Crippen molar-refractivity contribution in [3.8, 4) is 0 Å². The predicted octanol–water partition coefficient (Wildman–Crippen LogP) is 3.85. The number of hydrogen-bond acceptors (Lipinski definition) is 4. The third-order valence-corrected chi connectivity index (χ3v) is 3.38. The summed E-state index contributed by atoms with van der Waals surface area (Å²) in [5.74, 6) is 1.42. The zero-order valence-electron chi connectivity index (χ0n) is 13.2. The molecule has 2 aromatic rings. The Balaban J connectivity index is 2.06. The highest BCUT2D eigenvalue weighted by molar-refractivity contribution is 5.48. The molecule has 0 fully saturated rings. The van der Waals surface area contributed by atoms with Gasteiger partial charge in [0.15, 0.2) is 0 Å². The van der Waals surface area contributed by atoms with Crippen LogP contribution in [0.1, 0.15) is 32.3 Å². The normalized spacial score (nSPS) is 10.5. The molecule has 118 valence electrons. The van der Waals surface area contributed by atoms with E-state index in [1.807, 2.05) is 12.1 Å². The maximum absolute atomic E-state index is 13.6. The Morgan fingerprint density at radius 2 is 1.82 bits per heavy atom. The fourth-order valence-electron chi connectivity index (χ4n) is 2.32. The molecule has 0 amide bonds. The lowest BCUT2D eigenvalue weighted by molar-refractivity contribution is 0.613. The molecule has 0 spiro atoms. The Bertz CT molecular complexity index is 582. The molecule has 5 heteroatoms. The van der Waals surface area contributed by atoms with Crippen LogP contribution in [-0.2, 0) is 6.54 Å². The summed E-state index contributed by atoms with van der Waals surface area (Å²) in [6, 6.07) is 8.68. The van der Waals surface area contributed by atoms with Gasteiger partial charge in [0.05, 0.1) is 0 Å². The van der Waals surface area contributed by atoms with Gasteiger partial charge in [-0.15, -0.1) is 0 Å². The van der Waals surface area contributed by atoms with E-state index in [0.717, 1.165) is 31.7 Å². The van der Waals surface area contributed by atoms with Crippen molar-refractivity contribution in [2.75, 3.05) is 23.3 Å². The molecule has 0 aliphatic rings. The molecule has 22 heavy (non-hydrogen) atoms. The minimum Gasteiger partial charge on any atom is -0.366 e. The molecule has 4 nitrogen and oxygen atoms in total. The molecule has 1 aromatic heterocycles. The summed E-state index contributed by atoms with van der Waals surface area (Å²) in [4.78, 5) is 10.8. The Hall–Kier alpha value is -2.17. The van der Waals surface area contributed by atoms with Crippen molar-refractivity contribution in [2.45, 2.75) is 33.2 Å². The SMILES string of the molecule is CCCN(CCC)c1cc(NCc2ccccc2F)ncn1. The van der Waals surface area contributed by atoms with Gasteiger partial charge < -0.3 is 10.2 Å². The largest absolute Gasteiger partial charge is 0.366 e. The van der Waals surface area contributed by atoms with Crippen LogP contribution in [0.3, 0.4) is 0 Å². The van der Waals surface area contributed by atoms with Crippen molar-refractivity contribution in [3.63, 3.8) is 0 Å². The Kier molecular flexibility index (Phi) is 6.13. The summed E-state index contributed by atoms with van der Waals surface area (Å²) in [5, 5.41) is 3.16. The van der Waals surface area contributed by atoms with E-state index in [-0.39, 0.29) is 5.82 Å². The molecule has 0 radical (unpaired) electrons. The average molecular weight is 302 g/mol. The van der Waals surface area contributed by atoms with Crippen LogP contribution in [0, 0.1) is 5.82 Å². The number of benzene rings is 1. The summed E-state index contributed by atoms with van der Waals surface area (Å²) < 4.78 is 13.6. The van der Waals surface area contributed by atoms with Crippen molar-refractivity contribution >= 4 is 11.6 Å². The second kappa shape index (κ2) is 8.32. The van der Waals surface area contributed by atoms with Crippen LogP contribution in [0.25, 0.3) is 0 Å². The van der Waals surface area contributed by atoms with Gasteiger partial charge >= 0.3 is 0 Å². The number of nitrogens with one attached hydrogen (secondary N) is 1. The summed E-state index contributed by atoms with van der Waals surface area (Å²) in [6.07, 6.45) is 3.70. The van der Waals surface area contributed by atoms with Crippen molar-refractivity contribution in [2.24, 2.45) is 0 Å². The molecular weight excluding hydrogens is 279 g/mol. The molecular formula is C17H23FN4. The highest BCUT2D eigenvalue weighted by Crippen LogP contribution is 2.16. The van der Waals surface area contributed by atoms with Crippen LogP contribution >= 0.6 is 0 Å². The van der Waals surface area contributed by atoms with Gasteiger partial charge in [-0.3, -0.25) is 0 Å². The quantitative estimate of drug-likeness (QED) is 0.804. The minimum atomic E-state index is -0.206. The molecule has 1 heterocycles. The first kappa shape index (κ1) is 16.2. The van der Waals surface area contributed by atoms with E-state index in [1.54, 1.807) is 18.5 Å². The first-order valence-electron chi connectivity index (χ1n) is 7.78. The monoisotopic (exact) mass is 302 g/mol. The van der Waals surface area contributed by atoms with E-state index in [4.69, 9.17) is 0 Å². The lowest BCUT2D eigenvalue weighted by atomic mass is 10.2. The molecule has 1 N–H and O–H groups in total. The molecule has 0 saturated heterocycles. The van der Waals surface area contributed by atoms with Gasteiger partial charge in [-0.05, 0) is 18.9 Å². The van der Waals surface area contributed by atoms with Crippen molar-refractivity contribution in [1.82, 2.24) is 9.97 Å². The van der Waals surface area contributed by atoms with E-state index in [1.165, 1.54) is 6.07 Å². The fourth-order valence-corrected chi connectivity index (χ4v) is 2.32. The summed E-state index contributed by atoms with van der Waals surface area (Å²) in [5.41, 5.74) is 0.627. The molecule has 0 saturated carbocycles. The maximum atomic E-state index is 13.6. The molecule has 2 rings (SSSR count). The molecule has 1 aromatic carbocycles. The Morgan fingerprint density at radius 3 is 2.50 bits per heavy atom. The number of aromatic nitrogens is 2. The van der Waals surface area contributed by atoms with Crippen molar-refractivity contribution in [1.29, 1.82) is 0 Å². The maximum Gasteiger partial charge on any atom is 0.134 e. The third kappa shape index (κ3) is 4.41. The fraction of sp³-hybridized carbons (Fsp3) is 0.412. The molecule has 0 aliphatic heterocycles. The van der Waals surface area contributed by atoms with Crippen LogP contribution < -0.4 is 10.2 Å². The summed E-state index contributed by atoms with van der Waals surface area (Å²) in [6.45, 7) is 6.66. The van der Waals surface area contributed by atoms with Gasteiger partial charge in [-0.25, -0.2) is 14.4 Å². The summed E-state index contributed by atoms with van der Waals surface area (Å²) in [7, 11) is 0. The van der Waals surface area contributed by atoms with Crippen LogP contribution in [0.2, 0.25) is 0 Å². The van der Waals surface area contributed by atoms with Gasteiger partial charge in [0.1, 0.15) is 23.8 Å². The lowest BCUT2D eigenvalue weighted by Crippen LogP contribution is -2.26. The summed E-state index contributed by atoms with van der Waals surface area (Å²) >= 11 is 0. The van der Waals surface area contributed by atoms with E-state index in [9.17, 15) is 4.39 Å². The first-order valence-corrected chi connectivity index (χ1v) is 7.78. The van der Waals surface area contributed by atoms with E-state index in [2.05, 4.69) is 34.0 Å². The highest BCUT2D eigenvalue weighted by atomic mass is 19.1. The molecule has 0 unspecified atom stereocenters. The van der Waals surface area contributed by atoms with Crippen LogP contribution in [-0.4, -0.2) is 23.1 Å². The zero-order chi connectivity index (χ0) is 15.8. The second-order valence-electron chi connectivity index (χ2n) is 5.19. The van der Waals surface area contributed by atoms with Crippen molar-refractivity contribution in [3.05, 3.63) is 48.0 Å². The van der Waals surface area contributed by atoms with Gasteiger partial charge in [-0.1, -0.05) is 32.0 Å². The third-order valence-electron chi connectivity index (χ3n) is 3.38. The number of hydrogen-bond donors (Lipinski definition) is 1. The van der Waals surface area contributed by atoms with Gasteiger partial charge in [0, 0.05) is 31.3 Å². The van der Waals surface area contributed by atoms with Crippen LogP contribution in [0.5, 0.6) is 0 Å². The van der Waals surface area contributed by atoms with Crippen LogP contribution in [0.4, 0.5) is 16.0 Å².